The molecule has 0 amide bonds. The van der Waals surface area contributed by atoms with Crippen molar-refractivity contribution < 1.29 is 17.9 Å². The van der Waals surface area contributed by atoms with Crippen LogP contribution in [-0.2, 0) is 14.8 Å². The number of carbonyl (C=O) groups excluding carboxylic acids is 1. The van der Waals surface area contributed by atoms with Gasteiger partial charge < -0.3 is 9.72 Å². The predicted molar refractivity (Wildman–Crippen MR) is 88.5 cm³/mol. The van der Waals surface area contributed by atoms with E-state index in [1.54, 1.807) is 45.0 Å². The van der Waals surface area contributed by atoms with Crippen molar-refractivity contribution in [3.63, 3.8) is 0 Å². The third kappa shape index (κ3) is 3.68. The molecule has 0 fully saturated rings. The molecule has 1 aromatic carbocycles. The van der Waals surface area contributed by atoms with Crippen LogP contribution in [0.2, 0.25) is 5.02 Å². The number of sulfonamides is 1. The van der Waals surface area contributed by atoms with Crippen molar-refractivity contribution in [2.75, 3.05) is 11.3 Å². The van der Waals surface area contributed by atoms with Gasteiger partial charge in [-0.25, -0.2) is 13.2 Å². The Balaban J connectivity index is 2.47. The van der Waals surface area contributed by atoms with E-state index in [0.29, 0.717) is 22.1 Å². The summed E-state index contributed by atoms with van der Waals surface area (Å²) in [5, 5.41) is 0.494. The number of nitrogens with one attached hydrogen (secondary N) is 2. The minimum atomic E-state index is -3.96. The highest BCUT2D eigenvalue weighted by Crippen LogP contribution is 2.27. The van der Waals surface area contributed by atoms with Crippen molar-refractivity contribution in [1.29, 1.82) is 0 Å². The van der Waals surface area contributed by atoms with Gasteiger partial charge in [-0.15, -0.1) is 0 Å². The summed E-state index contributed by atoms with van der Waals surface area (Å²) in [6, 6.07) is 6.22. The van der Waals surface area contributed by atoms with Crippen molar-refractivity contribution in [2.24, 2.45) is 0 Å². The van der Waals surface area contributed by atoms with E-state index >= 15 is 0 Å². The number of hydrogen-bond acceptors (Lipinski definition) is 4. The Kier molecular flexibility index (Phi) is 5.01. The number of esters is 1. The molecule has 8 heteroatoms. The van der Waals surface area contributed by atoms with E-state index in [9.17, 15) is 13.2 Å². The molecule has 23 heavy (non-hydrogen) atoms. The quantitative estimate of drug-likeness (QED) is 0.805. The number of hydrogen-bond donors (Lipinski definition) is 2. The summed E-state index contributed by atoms with van der Waals surface area (Å²) < 4.78 is 32.8. The van der Waals surface area contributed by atoms with E-state index in [4.69, 9.17) is 16.3 Å². The molecule has 6 nitrogen and oxygen atoms in total. The molecule has 0 saturated carbocycles. The molecule has 2 rings (SSSR count). The van der Waals surface area contributed by atoms with Gasteiger partial charge in [-0.1, -0.05) is 11.6 Å². The van der Waals surface area contributed by atoms with E-state index in [1.807, 2.05) is 0 Å². The Morgan fingerprint density at radius 2 is 1.83 bits per heavy atom. The first kappa shape index (κ1) is 17.4. The zero-order chi connectivity index (χ0) is 17.2. The van der Waals surface area contributed by atoms with E-state index in [-0.39, 0.29) is 17.1 Å². The van der Waals surface area contributed by atoms with Gasteiger partial charge in [0.1, 0.15) is 10.5 Å². The van der Waals surface area contributed by atoms with Crippen LogP contribution in [0.5, 0.6) is 0 Å². The van der Waals surface area contributed by atoms with Crippen LogP contribution in [0, 0.1) is 13.8 Å². The van der Waals surface area contributed by atoms with Gasteiger partial charge in [-0.3, -0.25) is 4.72 Å². The largest absolute Gasteiger partial charge is 0.462 e. The molecule has 0 aliphatic carbocycles. The van der Waals surface area contributed by atoms with Crippen LogP contribution in [0.25, 0.3) is 0 Å². The summed E-state index contributed by atoms with van der Waals surface area (Å²) >= 11 is 5.79. The van der Waals surface area contributed by atoms with Crippen molar-refractivity contribution in [3.05, 3.63) is 46.2 Å². The lowest BCUT2D eigenvalue weighted by Gasteiger charge is -2.10. The Bertz CT molecular complexity index is 826. The van der Waals surface area contributed by atoms with Gasteiger partial charge in [0.05, 0.1) is 6.61 Å². The minimum Gasteiger partial charge on any atom is -0.462 e. The average Bonchev–Trinajstić information content (AvgIpc) is 2.77. The molecule has 0 unspecified atom stereocenters. The number of benzene rings is 1. The van der Waals surface area contributed by atoms with Crippen LogP contribution in [0.1, 0.15) is 28.7 Å². The molecule has 2 N–H and O–H groups in total. The minimum absolute atomic E-state index is 0.0193. The number of anilines is 1. The molecule has 0 radical (unpaired) electrons. The van der Waals surface area contributed by atoms with E-state index in [0.717, 1.165) is 0 Å². The fourth-order valence-corrected chi connectivity index (χ4v) is 3.90. The normalized spacial score (nSPS) is 11.3. The number of halogens is 1. The molecule has 0 aliphatic rings. The number of ether oxygens (including phenoxy) is 1. The van der Waals surface area contributed by atoms with Gasteiger partial charge in [-0.05, 0) is 45.0 Å². The second-order valence-corrected chi connectivity index (χ2v) is 6.97. The Hall–Kier alpha value is -1.99. The predicted octanol–water partition coefficient (Wildman–Crippen LogP) is 3.26. The van der Waals surface area contributed by atoms with E-state index in [1.165, 1.54) is 0 Å². The summed E-state index contributed by atoms with van der Waals surface area (Å²) in [5.74, 6) is -0.675. The lowest BCUT2D eigenvalue weighted by Crippen LogP contribution is -2.18. The smallest absolute Gasteiger partial charge is 0.341 e. The van der Waals surface area contributed by atoms with Gasteiger partial charge in [0.2, 0.25) is 0 Å². The lowest BCUT2D eigenvalue weighted by molar-refractivity contribution is 0.0521. The first-order valence-corrected chi connectivity index (χ1v) is 8.77. The number of aromatic amines is 1. The van der Waals surface area contributed by atoms with Gasteiger partial charge in [0.25, 0.3) is 10.0 Å². The van der Waals surface area contributed by atoms with Gasteiger partial charge in [-0.2, -0.15) is 0 Å². The fraction of sp³-hybridized carbons (Fsp3) is 0.267. The first-order chi connectivity index (χ1) is 10.8. The maximum absolute atomic E-state index is 12.7. The van der Waals surface area contributed by atoms with Crippen LogP contribution in [0.4, 0.5) is 5.69 Å². The third-order valence-electron chi connectivity index (χ3n) is 3.16. The van der Waals surface area contributed by atoms with Crippen LogP contribution in [0.15, 0.2) is 29.2 Å². The van der Waals surface area contributed by atoms with Gasteiger partial charge in [0.15, 0.2) is 0 Å². The summed E-state index contributed by atoms with van der Waals surface area (Å²) in [7, 11) is -3.96. The standard InChI is InChI=1S/C15H17ClN2O4S/c1-4-22-15(19)13-9(2)17-10(3)14(13)23(20,21)18-12-7-5-11(16)6-8-12/h5-8,17-18H,4H2,1-3H3. The zero-order valence-electron chi connectivity index (χ0n) is 12.9. The van der Waals surface area contributed by atoms with Crippen molar-refractivity contribution >= 4 is 33.3 Å². The molecule has 124 valence electrons. The van der Waals surface area contributed by atoms with Crippen LogP contribution < -0.4 is 4.72 Å². The second kappa shape index (κ2) is 6.64. The fourth-order valence-electron chi connectivity index (χ4n) is 2.27. The highest BCUT2D eigenvalue weighted by atomic mass is 35.5. The Morgan fingerprint density at radius 3 is 2.39 bits per heavy atom. The molecule has 1 aromatic heterocycles. The van der Waals surface area contributed by atoms with Crippen molar-refractivity contribution in [1.82, 2.24) is 4.98 Å². The molecule has 0 saturated heterocycles. The van der Waals surface area contributed by atoms with Gasteiger partial charge >= 0.3 is 5.97 Å². The molecule has 2 aromatic rings. The van der Waals surface area contributed by atoms with E-state index < -0.39 is 16.0 Å². The molecular formula is C15H17ClN2O4S. The van der Waals surface area contributed by atoms with Crippen molar-refractivity contribution in [3.8, 4) is 0 Å². The summed E-state index contributed by atoms with van der Waals surface area (Å²) in [4.78, 5) is 14.9. The maximum Gasteiger partial charge on any atom is 0.341 e. The highest BCUT2D eigenvalue weighted by molar-refractivity contribution is 7.92. The second-order valence-electron chi connectivity index (χ2n) is 4.91. The molecule has 0 aliphatic heterocycles. The van der Waals surface area contributed by atoms with Crippen molar-refractivity contribution in [2.45, 2.75) is 25.7 Å². The van der Waals surface area contributed by atoms with Crippen LogP contribution in [0.3, 0.4) is 0 Å². The Labute approximate surface area is 139 Å². The Morgan fingerprint density at radius 1 is 1.22 bits per heavy atom. The van der Waals surface area contributed by atoms with E-state index in [2.05, 4.69) is 9.71 Å². The monoisotopic (exact) mass is 356 g/mol. The topological polar surface area (TPSA) is 88.3 Å². The SMILES string of the molecule is CCOC(=O)c1c(C)[nH]c(C)c1S(=O)(=O)Nc1ccc(Cl)cc1. The molecular weight excluding hydrogens is 340 g/mol. The number of carbonyl (C=O) groups is 1. The summed E-state index contributed by atoms with van der Waals surface area (Å²) in [6.45, 7) is 5.03. The highest BCUT2D eigenvalue weighted by Gasteiger charge is 2.29. The maximum atomic E-state index is 12.7. The summed E-state index contributed by atoms with van der Waals surface area (Å²) in [5.41, 5.74) is 1.18. The molecule has 0 atom stereocenters. The van der Waals surface area contributed by atoms with Crippen LogP contribution in [-0.4, -0.2) is 26.0 Å². The van der Waals surface area contributed by atoms with Crippen LogP contribution >= 0.6 is 11.6 Å². The first-order valence-electron chi connectivity index (χ1n) is 6.91. The number of aromatic nitrogens is 1. The zero-order valence-corrected chi connectivity index (χ0v) is 14.5. The molecule has 1 heterocycles. The summed E-state index contributed by atoms with van der Waals surface area (Å²) in [6.07, 6.45) is 0. The molecule has 0 bridgehead atoms. The van der Waals surface area contributed by atoms with Gasteiger partial charge in [0, 0.05) is 22.1 Å². The average molecular weight is 357 g/mol. The lowest BCUT2D eigenvalue weighted by atomic mass is 10.2. The number of H-pyrrole nitrogens is 1. The number of rotatable bonds is 5. The number of aryl methyl sites for hydroxylation is 2. The third-order valence-corrected chi connectivity index (χ3v) is 4.97. The molecule has 0 spiro atoms.